The van der Waals surface area contributed by atoms with Crippen LogP contribution in [-0.2, 0) is 21.1 Å². The minimum Gasteiger partial charge on any atom is -0.477 e. The highest BCUT2D eigenvalue weighted by atomic mass is 32.2. The van der Waals surface area contributed by atoms with Gasteiger partial charge in [0.05, 0.1) is 0 Å². The fourth-order valence-electron chi connectivity index (χ4n) is 4.79. The maximum atomic E-state index is 14.4. The topological polar surface area (TPSA) is 92.7 Å². The summed E-state index contributed by atoms with van der Waals surface area (Å²) >= 11 is 1.44. The number of aromatic nitrogens is 2. The highest BCUT2D eigenvalue weighted by molar-refractivity contribution is 7.90. The van der Waals surface area contributed by atoms with E-state index in [0.29, 0.717) is 31.0 Å². The fraction of sp³-hybridized carbons (Fsp3) is 0.609. The molecule has 35 heavy (non-hydrogen) atoms. The maximum Gasteiger partial charge on any atom is 0.263 e. The Morgan fingerprint density at radius 3 is 2.49 bits per heavy atom. The molecule has 0 N–H and O–H groups in total. The predicted octanol–water partition coefficient (Wildman–Crippen LogP) is 3.46. The van der Waals surface area contributed by atoms with Gasteiger partial charge in [0.25, 0.3) is 5.91 Å². The average molecular weight is 529 g/mol. The molecular formula is C23H30F2N4O4S2. The molecule has 0 radical (unpaired) electrons. The Balaban J connectivity index is 1.29. The van der Waals surface area contributed by atoms with Crippen LogP contribution in [0.15, 0.2) is 17.0 Å². The Morgan fingerprint density at radius 2 is 1.86 bits per heavy atom. The molecule has 2 aromatic rings. The van der Waals surface area contributed by atoms with Gasteiger partial charge in [-0.2, -0.15) is 4.37 Å². The van der Waals surface area contributed by atoms with Crippen LogP contribution in [0.3, 0.4) is 0 Å². The molecule has 1 unspecified atom stereocenters. The second kappa shape index (κ2) is 10.3. The number of hydrogen-bond donors (Lipinski definition) is 0. The number of benzene rings is 1. The summed E-state index contributed by atoms with van der Waals surface area (Å²) in [4.78, 5) is 20.5. The third kappa shape index (κ3) is 5.91. The molecule has 1 amide bonds. The van der Waals surface area contributed by atoms with Crippen LogP contribution < -0.4 is 9.64 Å². The van der Waals surface area contributed by atoms with Crippen molar-refractivity contribution in [2.45, 2.75) is 62.0 Å². The van der Waals surface area contributed by atoms with E-state index in [1.807, 2.05) is 19.0 Å². The predicted molar refractivity (Wildman–Crippen MR) is 129 cm³/mol. The number of halogens is 2. The Labute approximate surface area is 208 Å². The lowest BCUT2D eigenvalue weighted by Gasteiger charge is -2.34. The molecule has 1 saturated heterocycles. The summed E-state index contributed by atoms with van der Waals surface area (Å²) < 4.78 is 61.6. The van der Waals surface area contributed by atoms with Gasteiger partial charge in [-0.05, 0) is 55.6 Å². The number of carbonyl (C=O) groups excluding carboxylic acids is 1. The smallest absolute Gasteiger partial charge is 0.263 e. The maximum absolute atomic E-state index is 14.4. The van der Waals surface area contributed by atoms with Gasteiger partial charge in [-0.3, -0.25) is 4.79 Å². The molecule has 1 aliphatic carbocycles. The van der Waals surface area contributed by atoms with Crippen LogP contribution in [0.1, 0.15) is 43.5 Å². The van der Waals surface area contributed by atoms with Crippen molar-refractivity contribution in [3.05, 3.63) is 28.8 Å². The fourth-order valence-corrected chi connectivity index (χ4v) is 6.24. The Bertz CT molecular complexity index is 1180. The van der Waals surface area contributed by atoms with Gasteiger partial charge in [0, 0.05) is 51.8 Å². The number of aryl methyl sites for hydroxylation is 1. The molecule has 1 saturated carbocycles. The summed E-state index contributed by atoms with van der Waals surface area (Å²) in [7, 11) is -0.0700. The van der Waals surface area contributed by atoms with Crippen LogP contribution in [0.4, 0.5) is 14.7 Å². The molecule has 8 nitrogen and oxygen atoms in total. The van der Waals surface area contributed by atoms with Gasteiger partial charge in [-0.1, -0.05) is 0 Å². The van der Waals surface area contributed by atoms with Crippen molar-refractivity contribution < 1.29 is 26.7 Å². The Morgan fingerprint density at radius 1 is 1.14 bits per heavy atom. The van der Waals surface area contributed by atoms with Crippen molar-refractivity contribution in [1.82, 2.24) is 14.3 Å². The second-order valence-corrected chi connectivity index (χ2v) is 12.3. The lowest BCUT2D eigenvalue weighted by molar-refractivity contribution is -0.136. The minimum atomic E-state index is -3.91. The van der Waals surface area contributed by atoms with Gasteiger partial charge in [0.2, 0.25) is 5.95 Å². The van der Waals surface area contributed by atoms with Crippen LogP contribution >= 0.6 is 11.5 Å². The van der Waals surface area contributed by atoms with E-state index < -0.39 is 38.2 Å². The zero-order chi connectivity index (χ0) is 25.3. The number of rotatable bonds is 8. The molecule has 1 atom stereocenters. The van der Waals surface area contributed by atoms with Gasteiger partial charge in [-0.15, -0.1) is 0 Å². The molecule has 2 fully saturated rings. The highest BCUT2D eigenvalue weighted by Gasteiger charge is 2.39. The largest absolute Gasteiger partial charge is 0.477 e. The molecule has 1 aromatic carbocycles. The van der Waals surface area contributed by atoms with Crippen molar-refractivity contribution in [2.24, 2.45) is 5.92 Å². The molecule has 192 valence electrons. The molecule has 2 heterocycles. The van der Waals surface area contributed by atoms with Gasteiger partial charge in [0.1, 0.15) is 15.7 Å². The van der Waals surface area contributed by atoms with Crippen molar-refractivity contribution in [1.29, 1.82) is 0 Å². The van der Waals surface area contributed by atoms with Crippen molar-refractivity contribution in [2.75, 3.05) is 31.8 Å². The van der Waals surface area contributed by atoms with Crippen molar-refractivity contribution in [3.63, 3.8) is 0 Å². The number of sulfone groups is 1. The lowest BCUT2D eigenvalue weighted by Crippen LogP contribution is -2.42. The van der Waals surface area contributed by atoms with Crippen LogP contribution in [-0.4, -0.2) is 67.6 Å². The molecule has 0 bridgehead atoms. The molecule has 4 rings (SSSR count). The van der Waals surface area contributed by atoms with Crippen molar-refractivity contribution in [3.8, 4) is 5.75 Å². The van der Waals surface area contributed by atoms with Crippen molar-refractivity contribution >= 4 is 33.2 Å². The SMILES string of the molecule is CN(C)c1nsc(CCC2CCC(N3CCC(Oc4cc(F)c(S(C)(=O)=O)cc4F)C3=O)CC2)n1. The molecule has 12 heteroatoms. The van der Waals surface area contributed by atoms with Crippen LogP contribution in [0.2, 0.25) is 0 Å². The van der Waals surface area contributed by atoms with E-state index in [4.69, 9.17) is 4.74 Å². The standard InChI is InChI=1S/C23H30F2N4O4S2/c1-28(2)23-26-21(34-27-23)9-6-14-4-7-15(8-5-14)29-11-10-18(22(29)30)33-19-12-17(25)20(13-16(19)24)35(3,31)32/h12-15,18H,4-11H2,1-3H3. The minimum absolute atomic E-state index is 0.114. The van der Waals surface area contributed by atoms with E-state index in [0.717, 1.165) is 55.7 Å². The number of hydrogen-bond acceptors (Lipinski definition) is 8. The first-order valence-corrected chi connectivity index (χ1v) is 14.4. The van der Waals surface area contributed by atoms with E-state index in [1.165, 1.54) is 11.5 Å². The quantitative estimate of drug-likeness (QED) is 0.518. The highest BCUT2D eigenvalue weighted by Crippen LogP contribution is 2.34. The van der Waals surface area contributed by atoms with E-state index in [2.05, 4.69) is 9.36 Å². The third-order valence-electron chi connectivity index (χ3n) is 6.73. The monoisotopic (exact) mass is 528 g/mol. The van der Waals surface area contributed by atoms with Gasteiger partial charge in [0.15, 0.2) is 27.5 Å². The number of anilines is 1. The third-order valence-corrected chi connectivity index (χ3v) is 8.60. The number of nitrogens with zero attached hydrogens (tertiary/aromatic N) is 4. The number of carbonyl (C=O) groups is 1. The molecule has 1 aromatic heterocycles. The zero-order valence-corrected chi connectivity index (χ0v) is 21.7. The molecule has 2 aliphatic rings. The summed E-state index contributed by atoms with van der Waals surface area (Å²) in [6.07, 6.45) is 6.05. The molecule has 1 aliphatic heterocycles. The van der Waals surface area contributed by atoms with E-state index in [1.54, 1.807) is 4.90 Å². The first-order valence-electron chi connectivity index (χ1n) is 11.7. The normalized spacial score (nSPS) is 23.1. The summed E-state index contributed by atoms with van der Waals surface area (Å²) in [5.74, 6) is -1.47. The Kier molecular flexibility index (Phi) is 7.60. The van der Waals surface area contributed by atoms with Gasteiger partial charge < -0.3 is 14.5 Å². The molecular weight excluding hydrogens is 498 g/mol. The van der Waals surface area contributed by atoms with Crippen LogP contribution in [0.25, 0.3) is 0 Å². The summed E-state index contributed by atoms with van der Waals surface area (Å²) in [6, 6.07) is 1.41. The Hall–Kier alpha value is -2.34. The first-order chi connectivity index (χ1) is 16.5. The number of amides is 1. The first kappa shape index (κ1) is 25.7. The zero-order valence-electron chi connectivity index (χ0n) is 20.0. The van der Waals surface area contributed by atoms with Crippen LogP contribution in [0, 0.1) is 17.6 Å². The number of ether oxygens (including phenoxy) is 1. The van der Waals surface area contributed by atoms with Crippen LogP contribution in [0.5, 0.6) is 5.75 Å². The van der Waals surface area contributed by atoms with E-state index in [9.17, 15) is 22.0 Å². The number of likely N-dealkylation sites (tertiary alicyclic amines) is 1. The summed E-state index contributed by atoms with van der Waals surface area (Å²) in [5.41, 5.74) is 0. The van der Waals surface area contributed by atoms with Gasteiger partial charge >= 0.3 is 0 Å². The summed E-state index contributed by atoms with van der Waals surface area (Å²) in [5, 5.41) is 1.04. The summed E-state index contributed by atoms with van der Waals surface area (Å²) in [6.45, 7) is 0.502. The second-order valence-electron chi connectivity index (χ2n) is 9.51. The average Bonchev–Trinajstić information content (AvgIpc) is 3.42. The lowest BCUT2D eigenvalue weighted by atomic mass is 9.83. The van der Waals surface area contributed by atoms with Gasteiger partial charge in [-0.25, -0.2) is 22.2 Å². The van der Waals surface area contributed by atoms with E-state index in [-0.39, 0.29) is 11.9 Å². The van der Waals surface area contributed by atoms with E-state index >= 15 is 0 Å². The molecule has 0 spiro atoms.